The molecule has 13 nitrogen and oxygen atoms in total. The van der Waals surface area contributed by atoms with E-state index in [2.05, 4.69) is 74.1 Å². The molecule has 438 valence electrons. The summed E-state index contributed by atoms with van der Waals surface area (Å²) in [6.45, 7) is 15.8. The van der Waals surface area contributed by atoms with Crippen LogP contribution >= 0.6 is 34.7 Å². The number of carbonyl (C=O) groups is 1. The highest BCUT2D eigenvalue weighted by Crippen LogP contribution is 2.43. The predicted molar refractivity (Wildman–Crippen MR) is 326 cm³/mol. The molecule has 1 atom stereocenters. The van der Waals surface area contributed by atoms with Crippen LogP contribution in [0.1, 0.15) is 78.7 Å². The molecule has 1 aliphatic carbocycles. The third kappa shape index (κ3) is 15.5. The molecule has 3 heterocycles. The van der Waals surface area contributed by atoms with E-state index >= 15 is 0 Å². The Morgan fingerprint density at radius 3 is 2.15 bits per heavy atom. The lowest BCUT2D eigenvalue weighted by Crippen LogP contribution is -2.47. The molecular weight excluding hydrogens is 1150 g/mol. The molecule has 2 aliphatic heterocycles. The summed E-state index contributed by atoms with van der Waals surface area (Å²) in [5, 5.41) is 3.79. The fourth-order valence-corrected chi connectivity index (χ4v) is 15.1. The highest BCUT2D eigenvalue weighted by atomic mass is 35.5. The van der Waals surface area contributed by atoms with E-state index in [-0.39, 0.29) is 11.0 Å². The van der Waals surface area contributed by atoms with Gasteiger partial charge in [-0.1, -0.05) is 73.5 Å². The molecule has 1 amide bonds. The Morgan fingerprint density at radius 1 is 0.817 bits per heavy atom. The monoisotopic (exact) mass is 1220 g/mol. The standard InChI is InChI=1S/C61H72ClF3N8O5S4/c1-43-58(80-42-67-43)47-11-12-48(39-66)46(36-47)8-7-26-70-28-30-71(31-29-70)27-24-51(41-79-53-9-5-4-6-10-53)68-56-22-21-54(37-57(56)81(75,76)61(63,64)65)82(77,78)69-59(74)45-15-19-52(20-16-45)73-34-32-72(33-35-73)40-49-38-60(2,3)25-23-55(49)44-13-17-50(62)18-14-44/h4-6,9-22,36-37,42,51,68H,7-8,23-35,38-41,66H2,1-3H3,(H,69,74)/t51-/m1/s1. The lowest BCUT2D eigenvalue weighted by atomic mass is 9.73. The Morgan fingerprint density at radius 2 is 1.49 bits per heavy atom. The van der Waals surface area contributed by atoms with Crippen molar-refractivity contribution in [1.82, 2.24) is 24.4 Å². The van der Waals surface area contributed by atoms with E-state index < -0.39 is 52.8 Å². The quantitative estimate of drug-likeness (QED) is 0.0551. The van der Waals surface area contributed by atoms with E-state index in [1.165, 1.54) is 46.2 Å². The van der Waals surface area contributed by atoms with Crippen LogP contribution in [0, 0.1) is 12.3 Å². The molecule has 82 heavy (non-hydrogen) atoms. The molecule has 0 spiro atoms. The Labute approximate surface area is 494 Å². The number of aryl methyl sites for hydroxylation is 2. The van der Waals surface area contributed by atoms with Gasteiger partial charge in [0.2, 0.25) is 0 Å². The van der Waals surface area contributed by atoms with Gasteiger partial charge >= 0.3 is 5.51 Å². The highest BCUT2D eigenvalue weighted by Gasteiger charge is 2.48. The lowest BCUT2D eigenvalue weighted by molar-refractivity contribution is -0.0435. The number of sulfone groups is 1. The maximum atomic E-state index is 14.5. The van der Waals surface area contributed by atoms with E-state index in [1.807, 2.05) is 59.6 Å². The van der Waals surface area contributed by atoms with Gasteiger partial charge in [-0.3, -0.25) is 9.69 Å². The van der Waals surface area contributed by atoms with Crippen LogP contribution in [0.3, 0.4) is 0 Å². The van der Waals surface area contributed by atoms with E-state index in [9.17, 15) is 34.8 Å². The summed E-state index contributed by atoms with van der Waals surface area (Å²) in [6.07, 6.45) is 5.43. The molecule has 0 unspecified atom stereocenters. The number of aromatic nitrogens is 1. The van der Waals surface area contributed by atoms with Crippen LogP contribution in [0.5, 0.6) is 0 Å². The number of nitrogens with zero attached hydrogens (tertiary/aromatic N) is 5. The molecule has 1 aromatic heterocycles. The fourth-order valence-electron chi connectivity index (χ4n) is 11.2. The molecule has 4 N–H and O–H groups in total. The van der Waals surface area contributed by atoms with Crippen molar-refractivity contribution in [2.24, 2.45) is 11.1 Å². The number of hydrogen-bond acceptors (Lipinski definition) is 14. The van der Waals surface area contributed by atoms with Gasteiger partial charge in [0.05, 0.1) is 26.7 Å². The summed E-state index contributed by atoms with van der Waals surface area (Å²) in [7, 11) is -11.0. The number of carbonyl (C=O) groups excluding carboxylic acids is 1. The summed E-state index contributed by atoms with van der Waals surface area (Å²) in [5.74, 6) is -0.665. The van der Waals surface area contributed by atoms with Crippen molar-refractivity contribution in [1.29, 1.82) is 0 Å². The Balaban J connectivity index is 0.820. The zero-order chi connectivity index (χ0) is 58.2. The minimum absolute atomic E-state index is 0.00408. The number of benzene rings is 5. The molecular formula is C61H72ClF3N8O5S4. The van der Waals surface area contributed by atoms with Crippen molar-refractivity contribution in [3.8, 4) is 10.4 Å². The van der Waals surface area contributed by atoms with Gasteiger partial charge in [-0.15, -0.1) is 23.1 Å². The Bertz CT molecular complexity index is 3420. The second-order valence-electron chi connectivity index (χ2n) is 22.3. The van der Waals surface area contributed by atoms with Crippen molar-refractivity contribution in [2.75, 3.05) is 88.0 Å². The van der Waals surface area contributed by atoms with Gasteiger partial charge in [0.25, 0.3) is 25.8 Å². The average molecular weight is 1220 g/mol. The number of allylic oxidation sites excluding steroid dienone is 1. The van der Waals surface area contributed by atoms with Gasteiger partial charge in [-0.2, -0.15) is 13.2 Å². The Kier molecular flexibility index (Phi) is 20.0. The number of anilines is 2. The predicted octanol–water partition coefficient (Wildman–Crippen LogP) is 11.6. The number of rotatable bonds is 22. The molecule has 2 fully saturated rings. The van der Waals surface area contributed by atoms with Crippen molar-refractivity contribution in [3.63, 3.8) is 0 Å². The second kappa shape index (κ2) is 26.7. The maximum Gasteiger partial charge on any atom is 0.501 e. The topological polar surface area (TPSA) is 161 Å². The minimum Gasteiger partial charge on any atom is -0.380 e. The van der Waals surface area contributed by atoms with Gasteiger partial charge in [0.1, 0.15) is 4.90 Å². The fraction of sp³-hybridized carbons (Fsp3) is 0.410. The van der Waals surface area contributed by atoms with E-state index in [4.69, 9.17) is 17.3 Å². The number of halogens is 4. The largest absolute Gasteiger partial charge is 0.501 e. The number of alkyl halides is 3. The zero-order valence-electron chi connectivity index (χ0n) is 46.6. The third-order valence-corrected chi connectivity index (χ3v) is 21.2. The van der Waals surface area contributed by atoms with Gasteiger partial charge < -0.3 is 25.8 Å². The molecule has 0 radical (unpaired) electrons. The summed E-state index contributed by atoms with van der Waals surface area (Å²) >= 11 is 9.31. The van der Waals surface area contributed by atoms with Crippen molar-refractivity contribution in [2.45, 2.75) is 92.1 Å². The molecule has 21 heteroatoms. The van der Waals surface area contributed by atoms with Crippen molar-refractivity contribution in [3.05, 3.63) is 159 Å². The summed E-state index contributed by atoms with van der Waals surface area (Å²) in [5.41, 5.74) is 11.5. The Hall–Kier alpha value is -5.29. The van der Waals surface area contributed by atoms with Crippen LogP contribution in [0.15, 0.2) is 141 Å². The van der Waals surface area contributed by atoms with Crippen molar-refractivity contribution >= 4 is 77.4 Å². The van der Waals surface area contributed by atoms with Crippen LogP contribution in [0.25, 0.3) is 16.0 Å². The number of piperazine rings is 2. The normalized spacial score (nSPS) is 17.2. The average Bonchev–Trinajstić information content (AvgIpc) is 4.04. The highest BCUT2D eigenvalue weighted by molar-refractivity contribution is 7.99. The molecule has 6 aromatic rings. The molecule has 5 aromatic carbocycles. The van der Waals surface area contributed by atoms with Crippen LogP contribution in [-0.2, 0) is 32.8 Å². The van der Waals surface area contributed by atoms with Gasteiger partial charge in [0, 0.05) is 105 Å². The minimum atomic E-state index is -6.10. The smallest absolute Gasteiger partial charge is 0.380 e. The lowest BCUT2D eigenvalue weighted by Gasteiger charge is -2.39. The maximum absolute atomic E-state index is 14.5. The first-order chi connectivity index (χ1) is 39.1. The molecule has 3 aliphatic rings. The molecule has 9 rings (SSSR count). The first-order valence-electron chi connectivity index (χ1n) is 27.8. The number of sulfonamides is 1. The van der Waals surface area contributed by atoms with E-state index in [1.54, 1.807) is 23.5 Å². The van der Waals surface area contributed by atoms with Gasteiger partial charge in [0.15, 0.2) is 0 Å². The number of nitrogens with two attached hydrogens (primary N) is 1. The number of hydrogen-bond donors (Lipinski definition) is 3. The number of thiazole rings is 1. The summed E-state index contributed by atoms with van der Waals surface area (Å²) in [4.78, 5) is 27.3. The first-order valence-corrected chi connectivity index (χ1v) is 33.0. The van der Waals surface area contributed by atoms with Crippen molar-refractivity contribution < 1.29 is 34.8 Å². The van der Waals surface area contributed by atoms with Crippen LogP contribution in [0.4, 0.5) is 24.5 Å². The van der Waals surface area contributed by atoms with E-state index in [0.29, 0.717) is 36.4 Å². The van der Waals surface area contributed by atoms with Crippen LogP contribution in [-0.4, -0.2) is 132 Å². The molecule has 0 saturated carbocycles. The first kappa shape index (κ1) is 61.3. The number of nitrogens with one attached hydrogen (secondary N) is 2. The summed E-state index contributed by atoms with van der Waals surface area (Å²) < 4.78 is 99.7. The molecule has 0 bridgehead atoms. The number of amides is 1. The van der Waals surface area contributed by atoms with Crippen LogP contribution < -0.4 is 20.7 Å². The van der Waals surface area contributed by atoms with Crippen LogP contribution in [0.2, 0.25) is 5.02 Å². The van der Waals surface area contributed by atoms with E-state index in [0.717, 1.165) is 142 Å². The second-order valence-corrected chi connectivity index (χ2v) is 28.3. The third-order valence-electron chi connectivity index (χ3n) is 15.9. The summed E-state index contributed by atoms with van der Waals surface area (Å²) in [6, 6.07) is 32.4. The van der Waals surface area contributed by atoms with Gasteiger partial charge in [-0.25, -0.2) is 26.5 Å². The number of thioether (sulfide) groups is 1. The molecule has 2 saturated heterocycles. The SMILES string of the molecule is Cc1ncsc1-c1ccc(CN)c(CCCN2CCN(CC[C@H](CSc3ccccc3)Nc3ccc(S(=O)(=O)NC(=O)c4ccc(N5CCN(CC6=C(c7ccc(Cl)cc7)CCC(C)(C)C6)CC5)cc4)cc3S(=O)(=O)C(F)(F)F)CC2)c1. The zero-order valence-corrected chi connectivity index (χ0v) is 50.6. The van der Waals surface area contributed by atoms with Gasteiger partial charge in [-0.05, 0) is 158 Å².